The van der Waals surface area contributed by atoms with E-state index in [2.05, 4.69) is 31.1 Å². The summed E-state index contributed by atoms with van der Waals surface area (Å²) in [5.41, 5.74) is 4.47. The van der Waals surface area contributed by atoms with E-state index in [9.17, 15) is 4.79 Å². The Balaban J connectivity index is 3.06. The lowest BCUT2D eigenvalue weighted by Gasteiger charge is -2.04. The van der Waals surface area contributed by atoms with Crippen LogP contribution in [-0.2, 0) is 0 Å². The first-order valence-corrected chi connectivity index (χ1v) is 9.43. The van der Waals surface area contributed by atoms with Crippen LogP contribution in [0.2, 0.25) is 19.6 Å². The minimum absolute atomic E-state index is 0.333. The van der Waals surface area contributed by atoms with Gasteiger partial charge < -0.3 is 5.11 Å². The molecule has 16 heavy (non-hydrogen) atoms. The molecule has 0 aliphatic carbocycles. The van der Waals surface area contributed by atoms with Crippen LogP contribution in [0.5, 0.6) is 0 Å². The van der Waals surface area contributed by atoms with Gasteiger partial charge in [-0.3, -0.25) is 0 Å². The maximum absolute atomic E-state index is 10.8. The Hall–Kier alpha value is -0.803. The average molecular weight is 344 g/mol. The number of hydrogen-bond donors (Lipinski definition) is 1. The normalized spacial score (nSPS) is 10.5. The fourth-order valence-corrected chi connectivity index (χ4v) is 2.29. The van der Waals surface area contributed by atoms with Gasteiger partial charge in [-0.25, -0.2) is 4.79 Å². The molecule has 0 atom stereocenters. The van der Waals surface area contributed by atoms with E-state index in [-0.39, 0.29) is 0 Å². The van der Waals surface area contributed by atoms with E-state index in [4.69, 9.17) is 5.11 Å². The van der Waals surface area contributed by atoms with Crippen LogP contribution < -0.4 is 0 Å². The highest BCUT2D eigenvalue weighted by molar-refractivity contribution is 14.1. The fourth-order valence-electron chi connectivity index (χ4n) is 1.03. The maximum atomic E-state index is 10.8. The van der Waals surface area contributed by atoms with Crippen molar-refractivity contribution in [3.8, 4) is 11.5 Å². The summed E-state index contributed by atoms with van der Waals surface area (Å²) in [5, 5.41) is 8.88. The van der Waals surface area contributed by atoms with Gasteiger partial charge in [0.1, 0.15) is 8.07 Å². The summed E-state index contributed by atoms with van der Waals surface area (Å²) in [6, 6.07) is 5.19. The Labute approximate surface area is 110 Å². The first kappa shape index (κ1) is 13.3. The molecule has 0 amide bonds. The lowest BCUT2D eigenvalue weighted by molar-refractivity contribution is 0.0695. The van der Waals surface area contributed by atoms with Crippen LogP contribution in [0.1, 0.15) is 15.9 Å². The highest BCUT2D eigenvalue weighted by Gasteiger charge is 2.09. The number of carboxylic acids is 1. The Kier molecular flexibility index (Phi) is 4.16. The summed E-state index contributed by atoms with van der Waals surface area (Å²) in [4.78, 5) is 10.8. The summed E-state index contributed by atoms with van der Waals surface area (Å²) in [7, 11) is -1.37. The zero-order chi connectivity index (χ0) is 12.3. The summed E-state index contributed by atoms with van der Waals surface area (Å²) in [6.07, 6.45) is 0. The Bertz CT molecular complexity index is 478. The fraction of sp³-hybridized carbons (Fsp3) is 0.250. The van der Waals surface area contributed by atoms with Crippen molar-refractivity contribution < 1.29 is 9.90 Å². The average Bonchev–Trinajstić information content (AvgIpc) is 2.13. The molecular formula is C12H13IO2Si. The number of hydrogen-bond acceptors (Lipinski definition) is 1. The van der Waals surface area contributed by atoms with Gasteiger partial charge in [-0.1, -0.05) is 25.6 Å². The van der Waals surface area contributed by atoms with Crippen molar-refractivity contribution in [2.75, 3.05) is 0 Å². The van der Waals surface area contributed by atoms with Gasteiger partial charge in [-0.2, -0.15) is 0 Å². The first-order valence-electron chi connectivity index (χ1n) is 4.85. The third kappa shape index (κ3) is 3.98. The second-order valence-corrected chi connectivity index (χ2v) is 10.4. The van der Waals surface area contributed by atoms with E-state index in [1.54, 1.807) is 12.1 Å². The van der Waals surface area contributed by atoms with Crippen LogP contribution in [0.15, 0.2) is 18.2 Å². The summed E-state index contributed by atoms with van der Waals surface area (Å²) < 4.78 is 0.729. The van der Waals surface area contributed by atoms with Crippen molar-refractivity contribution in [1.82, 2.24) is 0 Å². The van der Waals surface area contributed by atoms with Crippen molar-refractivity contribution >= 4 is 36.6 Å². The van der Waals surface area contributed by atoms with Crippen LogP contribution >= 0.6 is 22.6 Å². The zero-order valence-electron chi connectivity index (χ0n) is 9.47. The van der Waals surface area contributed by atoms with Crippen molar-refractivity contribution in [2.24, 2.45) is 0 Å². The molecule has 0 aliphatic heterocycles. The molecular weight excluding hydrogens is 331 g/mol. The second kappa shape index (κ2) is 5.02. The molecule has 4 heteroatoms. The van der Waals surface area contributed by atoms with Crippen LogP contribution in [-0.4, -0.2) is 19.1 Å². The van der Waals surface area contributed by atoms with Crippen molar-refractivity contribution in [1.29, 1.82) is 0 Å². The summed E-state index contributed by atoms with van der Waals surface area (Å²) in [5.74, 6) is 2.21. The molecule has 0 saturated heterocycles. The molecule has 0 unspecified atom stereocenters. The molecule has 84 valence electrons. The largest absolute Gasteiger partial charge is 0.478 e. The lowest BCUT2D eigenvalue weighted by Crippen LogP contribution is -2.16. The smallest absolute Gasteiger partial charge is 0.336 e. The van der Waals surface area contributed by atoms with Crippen LogP contribution in [0.4, 0.5) is 0 Å². The number of carboxylic acid groups (broad SMARTS) is 1. The van der Waals surface area contributed by atoms with E-state index in [1.165, 1.54) is 0 Å². The van der Waals surface area contributed by atoms with Crippen LogP contribution in [0.25, 0.3) is 0 Å². The summed E-state index contributed by atoms with van der Waals surface area (Å²) in [6.45, 7) is 6.53. The van der Waals surface area contributed by atoms with Gasteiger partial charge in [0.25, 0.3) is 0 Å². The molecule has 0 aliphatic rings. The molecule has 0 heterocycles. The third-order valence-corrected chi connectivity index (χ3v) is 3.55. The van der Waals surface area contributed by atoms with E-state index < -0.39 is 14.0 Å². The van der Waals surface area contributed by atoms with Gasteiger partial charge >= 0.3 is 5.97 Å². The molecule has 0 saturated carbocycles. The predicted octanol–water partition coefficient (Wildman–Crippen LogP) is 3.22. The molecule has 0 aromatic heterocycles. The lowest BCUT2D eigenvalue weighted by atomic mass is 10.1. The van der Waals surface area contributed by atoms with Gasteiger partial charge in [-0.05, 0) is 40.8 Å². The Morgan fingerprint density at radius 3 is 2.44 bits per heavy atom. The first-order chi connectivity index (χ1) is 7.29. The third-order valence-electron chi connectivity index (χ3n) is 1.78. The second-order valence-electron chi connectivity index (χ2n) is 4.50. The highest BCUT2D eigenvalue weighted by atomic mass is 127. The topological polar surface area (TPSA) is 37.3 Å². The van der Waals surface area contributed by atoms with Crippen molar-refractivity contribution in [3.05, 3.63) is 32.9 Å². The minimum atomic E-state index is -1.37. The number of carbonyl (C=O) groups is 1. The highest BCUT2D eigenvalue weighted by Crippen LogP contribution is 2.14. The predicted molar refractivity (Wildman–Crippen MR) is 76.3 cm³/mol. The van der Waals surface area contributed by atoms with E-state index in [1.807, 2.05) is 28.7 Å². The minimum Gasteiger partial charge on any atom is -0.478 e. The standard InChI is InChI=1S/C12H13IO2Si/c1-16(2,3)7-6-9-4-5-10(12(14)15)11(13)8-9/h4-5,8H,1-3H3,(H,14,15). The molecule has 1 aromatic carbocycles. The summed E-state index contributed by atoms with van der Waals surface area (Å²) >= 11 is 2.02. The molecule has 1 N–H and O–H groups in total. The Morgan fingerprint density at radius 1 is 1.38 bits per heavy atom. The van der Waals surface area contributed by atoms with Gasteiger partial charge in [0.15, 0.2) is 0 Å². The molecule has 1 aromatic rings. The van der Waals surface area contributed by atoms with Gasteiger partial charge in [0.05, 0.1) is 5.56 Å². The molecule has 0 radical (unpaired) electrons. The number of benzene rings is 1. The molecule has 0 spiro atoms. The van der Waals surface area contributed by atoms with E-state index >= 15 is 0 Å². The van der Waals surface area contributed by atoms with E-state index in [0.717, 1.165) is 9.13 Å². The molecule has 0 fully saturated rings. The van der Waals surface area contributed by atoms with Gasteiger partial charge in [0, 0.05) is 9.13 Å². The maximum Gasteiger partial charge on any atom is 0.336 e. The monoisotopic (exact) mass is 344 g/mol. The number of aromatic carboxylic acids is 1. The molecule has 1 rings (SSSR count). The number of rotatable bonds is 1. The van der Waals surface area contributed by atoms with E-state index in [0.29, 0.717) is 5.56 Å². The van der Waals surface area contributed by atoms with Gasteiger partial charge in [-0.15, -0.1) is 5.54 Å². The van der Waals surface area contributed by atoms with Crippen LogP contribution in [0, 0.1) is 15.0 Å². The Morgan fingerprint density at radius 2 is 2.00 bits per heavy atom. The zero-order valence-corrected chi connectivity index (χ0v) is 12.6. The van der Waals surface area contributed by atoms with Gasteiger partial charge in [0.2, 0.25) is 0 Å². The quantitative estimate of drug-likeness (QED) is 0.483. The van der Waals surface area contributed by atoms with Crippen molar-refractivity contribution in [2.45, 2.75) is 19.6 Å². The molecule has 0 bridgehead atoms. The van der Waals surface area contributed by atoms with Crippen LogP contribution in [0.3, 0.4) is 0 Å². The van der Waals surface area contributed by atoms with Crippen molar-refractivity contribution in [3.63, 3.8) is 0 Å². The molecule has 2 nitrogen and oxygen atoms in total. The SMILES string of the molecule is C[Si](C)(C)C#Cc1ccc(C(=O)O)c(I)c1. The number of halogens is 1.